The van der Waals surface area contributed by atoms with E-state index >= 15 is 0 Å². The summed E-state index contributed by atoms with van der Waals surface area (Å²) in [5.41, 5.74) is 3.24. The highest BCUT2D eigenvalue weighted by atomic mass is 79.9. The number of aromatic nitrogens is 1. The summed E-state index contributed by atoms with van der Waals surface area (Å²) in [6.07, 6.45) is 3.84. The molecule has 0 radical (unpaired) electrons. The Morgan fingerprint density at radius 1 is 1.00 bits per heavy atom. The molecule has 3 aromatic rings. The molecule has 0 N–H and O–H groups in total. The van der Waals surface area contributed by atoms with Gasteiger partial charge in [-0.05, 0) is 22.8 Å². The molecule has 0 saturated heterocycles. The summed E-state index contributed by atoms with van der Waals surface area (Å²) < 4.78 is 2.11. The number of hydrogen-bond donors (Lipinski definition) is 0. The Kier molecular flexibility index (Phi) is 4.31. The molecule has 0 spiro atoms. The van der Waals surface area contributed by atoms with Gasteiger partial charge in [-0.15, -0.1) is 0 Å². The fraction of sp³-hybridized carbons (Fsp3) is 0.200. The predicted octanol–water partition coefficient (Wildman–Crippen LogP) is 0.810. The highest BCUT2D eigenvalue weighted by molar-refractivity contribution is 6.05. The standard InChI is InChI=1S/C20H18NO.BrH/c1-14-6-4-5-13-21(14)19-12-11-17-16-8-3-2-7-15(16)9-10-18(17)20(19)22;/h2-10,13,19H,11-12H2,1H3;1H/q+1;/p-1. The van der Waals surface area contributed by atoms with Crippen molar-refractivity contribution >= 4 is 16.6 Å². The van der Waals surface area contributed by atoms with Gasteiger partial charge in [0, 0.05) is 31.0 Å². The average Bonchev–Trinajstić information content (AvgIpc) is 2.56. The quantitative estimate of drug-likeness (QED) is 0.583. The molecular weight excluding hydrogens is 350 g/mol. The predicted molar refractivity (Wildman–Crippen MR) is 87.0 cm³/mol. The molecule has 2 aromatic carbocycles. The summed E-state index contributed by atoms with van der Waals surface area (Å²) in [6, 6.07) is 18.4. The SMILES string of the molecule is Cc1cccc[n+]1C1CCc2c(ccc3ccccc23)C1=O.[Br-]. The number of fused-ring (bicyclic) bond motifs is 3. The maximum Gasteiger partial charge on any atom is 0.230 e. The minimum Gasteiger partial charge on any atom is -1.00 e. The van der Waals surface area contributed by atoms with Crippen molar-refractivity contribution in [1.29, 1.82) is 0 Å². The number of pyridine rings is 1. The summed E-state index contributed by atoms with van der Waals surface area (Å²) in [5.74, 6) is 0.242. The Bertz CT molecular complexity index is 888. The third kappa shape index (κ3) is 2.59. The lowest BCUT2D eigenvalue weighted by Gasteiger charge is -2.22. The molecule has 1 heterocycles. The number of ketones is 1. The van der Waals surface area contributed by atoms with E-state index in [1.807, 2.05) is 30.5 Å². The fourth-order valence-electron chi connectivity index (χ4n) is 3.58. The van der Waals surface area contributed by atoms with Crippen molar-refractivity contribution < 1.29 is 26.3 Å². The fourth-order valence-corrected chi connectivity index (χ4v) is 3.58. The van der Waals surface area contributed by atoms with E-state index in [4.69, 9.17) is 0 Å². The first-order chi connectivity index (χ1) is 10.8. The molecule has 3 heteroatoms. The summed E-state index contributed by atoms with van der Waals surface area (Å²) in [4.78, 5) is 13.0. The van der Waals surface area contributed by atoms with E-state index in [1.165, 1.54) is 16.3 Å². The number of Topliss-reactive ketones (excluding diaryl/α,β-unsaturated/α-hetero) is 1. The number of rotatable bonds is 1. The highest BCUT2D eigenvalue weighted by Gasteiger charge is 2.35. The average molecular weight is 368 g/mol. The molecular formula is C20H18BrNO. The zero-order chi connectivity index (χ0) is 15.1. The van der Waals surface area contributed by atoms with Crippen molar-refractivity contribution in [3.63, 3.8) is 0 Å². The zero-order valence-corrected chi connectivity index (χ0v) is 14.6. The molecule has 0 bridgehead atoms. The van der Waals surface area contributed by atoms with Crippen LogP contribution in [0, 0.1) is 6.92 Å². The van der Waals surface area contributed by atoms with Crippen LogP contribution in [-0.2, 0) is 6.42 Å². The highest BCUT2D eigenvalue weighted by Crippen LogP contribution is 2.31. The Balaban J connectivity index is 0.00000156. The van der Waals surface area contributed by atoms with Gasteiger partial charge in [-0.25, -0.2) is 0 Å². The van der Waals surface area contributed by atoms with Gasteiger partial charge in [-0.3, -0.25) is 4.79 Å². The normalized spacial score (nSPS) is 16.7. The van der Waals surface area contributed by atoms with Crippen molar-refractivity contribution in [2.45, 2.75) is 25.8 Å². The monoisotopic (exact) mass is 367 g/mol. The first-order valence-electron chi connectivity index (χ1n) is 7.77. The van der Waals surface area contributed by atoms with Crippen LogP contribution < -0.4 is 21.5 Å². The molecule has 0 saturated carbocycles. The van der Waals surface area contributed by atoms with E-state index in [0.29, 0.717) is 0 Å². The van der Waals surface area contributed by atoms with Gasteiger partial charge >= 0.3 is 0 Å². The molecule has 1 aliphatic rings. The third-order valence-corrected chi connectivity index (χ3v) is 4.71. The van der Waals surface area contributed by atoms with Gasteiger partial charge in [0.1, 0.15) is 0 Å². The number of carbonyl (C=O) groups excluding carboxylic acids is 1. The van der Waals surface area contributed by atoms with Crippen LogP contribution >= 0.6 is 0 Å². The number of nitrogens with zero attached hydrogens (tertiary/aromatic N) is 1. The van der Waals surface area contributed by atoms with Gasteiger partial charge in [0.15, 0.2) is 11.9 Å². The van der Waals surface area contributed by atoms with Gasteiger partial charge in [0.05, 0.1) is 0 Å². The number of carbonyl (C=O) groups is 1. The van der Waals surface area contributed by atoms with Crippen LogP contribution in [-0.4, -0.2) is 5.78 Å². The minimum atomic E-state index is -0.0742. The first kappa shape index (κ1) is 15.9. The van der Waals surface area contributed by atoms with Crippen molar-refractivity contribution in [3.05, 3.63) is 77.6 Å². The lowest BCUT2D eigenvalue weighted by atomic mass is 9.84. The molecule has 0 amide bonds. The molecule has 0 aliphatic heterocycles. The van der Waals surface area contributed by atoms with Gasteiger partial charge < -0.3 is 17.0 Å². The Morgan fingerprint density at radius 3 is 2.61 bits per heavy atom. The lowest BCUT2D eigenvalue weighted by Crippen LogP contribution is -3.00. The molecule has 0 fully saturated rings. The minimum absolute atomic E-state index is 0. The van der Waals surface area contributed by atoms with Gasteiger partial charge in [0.25, 0.3) is 0 Å². The molecule has 1 aliphatic carbocycles. The second-order valence-electron chi connectivity index (χ2n) is 5.98. The first-order valence-corrected chi connectivity index (χ1v) is 7.77. The van der Waals surface area contributed by atoms with Gasteiger partial charge in [-0.2, -0.15) is 4.57 Å². The Hall–Kier alpha value is -2.00. The van der Waals surface area contributed by atoms with Crippen LogP contribution in [0.25, 0.3) is 10.8 Å². The maximum atomic E-state index is 13.0. The number of hydrogen-bond acceptors (Lipinski definition) is 1. The van der Waals surface area contributed by atoms with Gasteiger partial charge in [0.2, 0.25) is 11.8 Å². The summed E-state index contributed by atoms with van der Waals surface area (Å²) in [5, 5.41) is 2.44. The third-order valence-electron chi connectivity index (χ3n) is 4.71. The van der Waals surface area contributed by atoms with E-state index in [9.17, 15) is 4.79 Å². The van der Waals surface area contributed by atoms with Crippen molar-refractivity contribution in [3.8, 4) is 0 Å². The van der Waals surface area contributed by atoms with Crippen LogP contribution in [0.1, 0.15) is 34.1 Å². The Morgan fingerprint density at radius 2 is 1.78 bits per heavy atom. The van der Waals surface area contributed by atoms with E-state index in [1.54, 1.807) is 0 Å². The van der Waals surface area contributed by atoms with Crippen molar-refractivity contribution in [2.75, 3.05) is 0 Å². The molecule has 1 atom stereocenters. The summed E-state index contributed by atoms with van der Waals surface area (Å²) in [7, 11) is 0. The number of benzene rings is 2. The molecule has 116 valence electrons. The molecule has 1 aromatic heterocycles. The van der Waals surface area contributed by atoms with Crippen LogP contribution in [0.15, 0.2) is 60.8 Å². The van der Waals surface area contributed by atoms with E-state index < -0.39 is 0 Å². The molecule has 23 heavy (non-hydrogen) atoms. The number of aryl methyl sites for hydroxylation is 2. The topological polar surface area (TPSA) is 20.9 Å². The lowest BCUT2D eigenvalue weighted by molar-refractivity contribution is -0.714. The zero-order valence-electron chi connectivity index (χ0n) is 13.0. The van der Waals surface area contributed by atoms with E-state index in [-0.39, 0.29) is 28.8 Å². The smallest absolute Gasteiger partial charge is 0.230 e. The van der Waals surface area contributed by atoms with Crippen LogP contribution in [0.5, 0.6) is 0 Å². The number of halogens is 1. The van der Waals surface area contributed by atoms with E-state index in [0.717, 1.165) is 24.1 Å². The van der Waals surface area contributed by atoms with Crippen LogP contribution in [0.3, 0.4) is 0 Å². The summed E-state index contributed by atoms with van der Waals surface area (Å²) in [6.45, 7) is 2.06. The Labute approximate surface area is 146 Å². The largest absolute Gasteiger partial charge is 1.00 e. The maximum absolute atomic E-state index is 13.0. The molecule has 4 rings (SSSR count). The second kappa shape index (κ2) is 6.25. The molecule has 1 unspecified atom stereocenters. The molecule has 2 nitrogen and oxygen atoms in total. The van der Waals surface area contributed by atoms with Crippen molar-refractivity contribution in [2.24, 2.45) is 0 Å². The van der Waals surface area contributed by atoms with Gasteiger partial charge in [-0.1, -0.05) is 42.5 Å². The van der Waals surface area contributed by atoms with E-state index in [2.05, 4.69) is 41.8 Å². The van der Waals surface area contributed by atoms with Crippen molar-refractivity contribution in [1.82, 2.24) is 0 Å². The van der Waals surface area contributed by atoms with Crippen LogP contribution in [0.2, 0.25) is 0 Å². The summed E-state index contributed by atoms with van der Waals surface area (Å²) >= 11 is 0. The van der Waals surface area contributed by atoms with Crippen LogP contribution in [0.4, 0.5) is 0 Å². The second-order valence-corrected chi connectivity index (χ2v) is 5.98.